The summed E-state index contributed by atoms with van der Waals surface area (Å²) in [6.07, 6.45) is -1.24. The number of pyridine rings is 1. The molecule has 0 aliphatic carbocycles. The van der Waals surface area contributed by atoms with Crippen molar-refractivity contribution in [2.75, 3.05) is 34.0 Å². The van der Waals surface area contributed by atoms with Crippen molar-refractivity contribution < 1.29 is 42.4 Å². The number of likely N-dealkylation sites (N-methyl/N-ethyl adjacent to an activating group) is 1. The number of aromatic nitrogens is 6. The van der Waals surface area contributed by atoms with E-state index in [2.05, 4.69) is 20.4 Å². The van der Waals surface area contributed by atoms with E-state index in [4.69, 9.17) is 23.7 Å². The first-order valence-corrected chi connectivity index (χ1v) is 16.5. The molecule has 1 unspecified atom stereocenters. The van der Waals surface area contributed by atoms with Crippen LogP contribution in [0, 0.1) is 11.6 Å². The number of aliphatic hydroxyl groups excluding tert-OH is 1. The first kappa shape index (κ1) is 33.4. The smallest absolute Gasteiger partial charge is 0.254 e. The number of hydrogen-bond donors (Lipinski definition) is 1. The van der Waals surface area contributed by atoms with Crippen molar-refractivity contribution >= 4 is 16.9 Å². The van der Waals surface area contributed by atoms with Crippen LogP contribution in [0.3, 0.4) is 0 Å². The Morgan fingerprint density at radius 1 is 1.02 bits per heavy atom. The maximum absolute atomic E-state index is 14.5. The predicted molar refractivity (Wildman–Crippen MR) is 174 cm³/mol. The molecular formula is C35H35F2N7O7. The molecule has 3 aliphatic rings. The van der Waals surface area contributed by atoms with Crippen LogP contribution in [0.15, 0.2) is 79.3 Å². The number of carbonyl (C=O) groups is 1. The Balaban J connectivity index is 1.09. The van der Waals surface area contributed by atoms with Crippen molar-refractivity contribution in [1.82, 2.24) is 34.7 Å². The van der Waals surface area contributed by atoms with Gasteiger partial charge in [0.15, 0.2) is 18.0 Å². The molecule has 8 rings (SSSR count). The van der Waals surface area contributed by atoms with Crippen LogP contribution >= 0.6 is 0 Å². The van der Waals surface area contributed by atoms with Gasteiger partial charge in [-0.2, -0.15) is 5.10 Å². The van der Waals surface area contributed by atoms with E-state index in [9.17, 15) is 18.7 Å². The standard InChI is InChI=1S/C35H35F2N7O7/c1-42(25-16-48-17-26(29(25)45)44-33-21(13-39-44)12-23(37)14-38-33)34(46)32-31(47-2)28(43-15-24(40-41-43)20-9-6-10-22(36)11-20)30-27(50-32)18-49-35(51-30)19-7-4-3-5-8-19/h3-15,25-32,35,45H,16-18H2,1-2H3/t25-,26+,27+,28-,29+,30-,31+,32+,35?/m0/s1. The zero-order valence-corrected chi connectivity index (χ0v) is 27.6. The Bertz CT molecular complexity index is 2010. The molecule has 0 spiro atoms. The van der Waals surface area contributed by atoms with Gasteiger partial charge in [0, 0.05) is 30.7 Å². The fourth-order valence-electron chi connectivity index (χ4n) is 7.19. The summed E-state index contributed by atoms with van der Waals surface area (Å²) in [5.41, 5.74) is 2.11. The minimum absolute atomic E-state index is 0.0338. The maximum atomic E-state index is 14.5. The van der Waals surface area contributed by atoms with Crippen molar-refractivity contribution in [3.63, 3.8) is 0 Å². The lowest BCUT2D eigenvalue weighted by Crippen LogP contribution is -2.65. The fraction of sp³-hybridized carbons (Fsp3) is 0.400. The Kier molecular flexibility index (Phi) is 9.03. The molecule has 5 aromatic rings. The van der Waals surface area contributed by atoms with Crippen LogP contribution in [-0.2, 0) is 28.5 Å². The Morgan fingerprint density at radius 2 is 1.86 bits per heavy atom. The molecule has 3 fully saturated rings. The van der Waals surface area contributed by atoms with Crippen LogP contribution in [-0.4, -0.2) is 116 Å². The number of amides is 1. The summed E-state index contributed by atoms with van der Waals surface area (Å²) in [6.45, 7) is 0.221. The van der Waals surface area contributed by atoms with E-state index in [0.29, 0.717) is 22.3 Å². The van der Waals surface area contributed by atoms with E-state index in [-0.39, 0.29) is 19.8 Å². The number of ether oxygens (including phenoxy) is 5. The molecule has 51 heavy (non-hydrogen) atoms. The lowest BCUT2D eigenvalue weighted by molar-refractivity contribution is -0.315. The lowest BCUT2D eigenvalue weighted by atomic mass is 9.90. The lowest BCUT2D eigenvalue weighted by Gasteiger charge is -2.49. The summed E-state index contributed by atoms with van der Waals surface area (Å²) in [7, 11) is 3.03. The molecule has 16 heteroatoms. The van der Waals surface area contributed by atoms with Crippen LogP contribution in [0.2, 0.25) is 0 Å². The highest BCUT2D eigenvalue weighted by molar-refractivity contribution is 5.82. The summed E-state index contributed by atoms with van der Waals surface area (Å²) < 4.78 is 62.0. The maximum Gasteiger partial charge on any atom is 0.254 e. The molecule has 266 valence electrons. The minimum atomic E-state index is -1.20. The Labute approximate surface area is 290 Å². The van der Waals surface area contributed by atoms with E-state index in [0.717, 1.165) is 11.8 Å². The van der Waals surface area contributed by atoms with Crippen molar-refractivity contribution in [2.45, 2.75) is 54.9 Å². The summed E-state index contributed by atoms with van der Waals surface area (Å²) in [5, 5.41) is 25.2. The summed E-state index contributed by atoms with van der Waals surface area (Å²) in [4.78, 5) is 20.0. The van der Waals surface area contributed by atoms with Crippen LogP contribution in [0.1, 0.15) is 23.9 Å². The minimum Gasteiger partial charge on any atom is -0.389 e. The van der Waals surface area contributed by atoms with Crippen LogP contribution < -0.4 is 0 Å². The summed E-state index contributed by atoms with van der Waals surface area (Å²) >= 11 is 0. The average Bonchev–Trinajstić information content (AvgIpc) is 3.81. The van der Waals surface area contributed by atoms with Crippen molar-refractivity contribution in [2.24, 2.45) is 0 Å². The second-order valence-electron chi connectivity index (χ2n) is 12.8. The Hall–Kier alpha value is -4.71. The number of benzene rings is 2. The third-order valence-electron chi connectivity index (χ3n) is 9.80. The van der Waals surface area contributed by atoms with Crippen molar-refractivity contribution in [3.05, 3.63) is 96.5 Å². The van der Waals surface area contributed by atoms with E-state index in [1.165, 1.54) is 41.1 Å². The van der Waals surface area contributed by atoms with E-state index in [1.807, 2.05) is 30.3 Å². The molecule has 3 saturated heterocycles. The van der Waals surface area contributed by atoms with Crippen molar-refractivity contribution in [1.29, 1.82) is 0 Å². The summed E-state index contributed by atoms with van der Waals surface area (Å²) in [6, 6.07) is 14.5. The number of fused-ring (bicyclic) bond motifs is 2. The van der Waals surface area contributed by atoms with Gasteiger partial charge in [0.05, 0.1) is 44.5 Å². The van der Waals surface area contributed by atoms with E-state index < -0.39 is 72.5 Å². The van der Waals surface area contributed by atoms with Crippen molar-refractivity contribution in [3.8, 4) is 11.3 Å². The van der Waals surface area contributed by atoms with Crippen LogP contribution in [0.4, 0.5) is 8.78 Å². The third kappa shape index (κ3) is 6.17. The van der Waals surface area contributed by atoms with Gasteiger partial charge in [-0.15, -0.1) is 5.10 Å². The fourth-order valence-corrected chi connectivity index (χ4v) is 7.19. The Morgan fingerprint density at radius 3 is 2.67 bits per heavy atom. The molecule has 6 heterocycles. The van der Waals surface area contributed by atoms with E-state index >= 15 is 0 Å². The molecule has 14 nitrogen and oxygen atoms in total. The predicted octanol–water partition coefficient (Wildman–Crippen LogP) is 2.87. The number of carbonyl (C=O) groups excluding carboxylic acids is 1. The highest BCUT2D eigenvalue weighted by atomic mass is 19.1. The number of methoxy groups -OCH3 is 1. The number of nitrogens with zero attached hydrogens (tertiary/aromatic N) is 7. The van der Waals surface area contributed by atoms with Crippen LogP contribution in [0.25, 0.3) is 22.3 Å². The first-order chi connectivity index (χ1) is 24.8. The van der Waals surface area contributed by atoms with Gasteiger partial charge in [0.2, 0.25) is 0 Å². The number of aliphatic hydroxyl groups is 1. The number of rotatable bonds is 7. The highest BCUT2D eigenvalue weighted by Gasteiger charge is 2.55. The molecule has 9 atom stereocenters. The van der Waals surface area contributed by atoms with Gasteiger partial charge in [-0.1, -0.05) is 47.7 Å². The van der Waals surface area contributed by atoms with E-state index in [1.54, 1.807) is 30.1 Å². The quantitative estimate of drug-likeness (QED) is 0.267. The average molecular weight is 704 g/mol. The molecule has 2 aromatic carbocycles. The van der Waals surface area contributed by atoms with Crippen LogP contribution in [0.5, 0.6) is 0 Å². The topological polar surface area (TPSA) is 148 Å². The molecule has 1 amide bonds. The SMILES string of the molecule is CO[C@@H]1[C@@H](n2cc(-c3cccc(F)c3)nn2)[C@H]2OC(c3ccccc3)OC[C@H]2O[C@H]1C(=O)N(C)[C@H]1COC[C@@H](n2ncc3cc(F)cnc32)[C@@H]1O. The van der Waals surface area contributed by atoms with Gasteiger partial charge in [-0.05, 0) is 18.2 Å². The molecule has 0 bridgehead atoms. The largest absolute Gasteiger partial charge is 0.389 e. The van der Waals surface area contributed by atoms with Gasteiger partial charge < -0.3 is 33.7 Å². The molecule has 0 saturated carbocycles. The second-order valence-corrected chi connectivity index (χ2v) is 12.8. The second kappa shape index (κ2) is 13.8. The van der Waals surface area contributed by atoms with Gasteiger partial charge in [0.25, 0.3) is 5.91 Å². The zero-order chi connectivity index (χ0) is 35.2. The van der Waals surface area contributed by atoms with Gasteiger partial charge in [-0.25, -0.2) is 23.1 Å². The molecule has 3 aliphatic heterocycles. The molecule has 0 radical (unpaired) electrons. The van der Waals surface area contributed by atoms with Gasteiger partial charge >= 0.3 is 0 Å². The summed E-state index contributed by atoms with van der Waals surface area (Å²) in [5.74, 6) is -1.41. The monoisotopic (exact) mass is 703 g/mol. The molecule has 3 aromatic heterocycles. The van der Waals surface area contributed by atoms with Gasteiger partial charge in [-0.3, -0.25) is 4.79 Å². The number of hydrogen-bond acceptors (Lipinski definition) is 11. The normalized spacial score (nSPS) is 29.5. The van der Waals surface area contributed by atoms with Gasteiger partial charge in [0.1, 0.15) is 53.8 Å². The first-order valence-electron chi connectivity index (χ1n) is 16.5. The zero-order valence-electron chi connectivity index (χ0n) is 27.6. The molecule has 1 N–H and O–H groups in total. The highest BCUT2D eigenvalue weighted by Crippen LogP contribution is 2.41. The number of halogens is 2. The third-order valence-corrected chi connectivity index (χ3v) is 9.80. The molecular weight excluding hydrogens is 668 g/mol.